The SMILES string of the molecule is CN1C(C(=O)Cc2ccccn2)=C(O)c2sc(Cl)cc2S1(=O)=O.[NH2-].[NH2-].[Pt+2]. The number of likely N-dealkylation sites (N-methyl/N-ethyl adjacent to an activating group) is 1. The van der Waals surface area contributed by atoms with Gasteiger partial charge in [-0.2, -0.15) is 0 Å². The standard InChI is InChI=1S/C14H11ClN2O4S2.2H2N.Pt/c1-17-12(9(18)6-8-4-2-3-5-16-8)13(19)14-10(23(17,20)21)7-11(15)22-14;;;/h2-5,7,19H,6H2,1H3;2*1H2;/q;2*-1;+2. The van der Waals surface area contributed by atoms with E-state index in [0.29, 0.717) is 5.69 Å². The van der Waals surface area contributed by atoms with E-state index in [4.69, 9.17) is 11.6 Å². The molecule has 0 spiro atoms. The molecule has 0 bridgehead atoms. The first kappa shape index (κ1) is 24.7. The van der Waals surface area contributed by atoms with Crippen LogP contribution in [0, 0.1) is 0 Å². The van der Waals surface area contributed by atoms with Gasteiger partial charge in [0.15, 0.2) is 11.5 Å². The predicted octanol–water partition coefficient (Wildman–Crippen LogP) is 3.90. The molecule has 8 nitrogen and oxygen atoms in total. The molecule has 3 heterocycles. The molecule has 0 aliphatic carbocycles. The number of allylic oxidation sites excluding steroid dienone is 1. The topological polar surface area (TPSA) is 155 Å². The summed E-state index contributed by atoms with van der Waals surface area (Å²) in [5, 5.41) is 10.4. The van der Waals surface area contributed by atoms with Crippen LogP contribution in [0.2, 0.25) is 4.34 Å². The van der Waals surface area contributed by atoms with E-state index in [9.17, 15) is 18.3 Å². The van der Waals surface area contributed by atoms with Crippen LogP contribution in [0.3, 0.4) is 0 Å². The molecule has 2 aromatic heterocycles. The van der Waals surface area contributed by atoms with Crippen molar-refractivity contribution < 1.29 is 39.4 Å². The van der Waals surface area contributed by atoms with E-state index >= 15 is 0 Å². The van der Waals surface area contributed by atoms with Crippen LogP contribution < -0.4 is 0 Å². The minimum atomic E-state index is -3.92. The Bertz CT molecular complexity index is 932. The number of nitrogens with zero attached hydrogens (tertiary/aromatic N) is 2. The minimum Gasteiger partial charge on any atom is -0.693 e. The number of aliphatic hydroxyl groups is 1. The summed E-state index contributed by atoms with van der Waals surface area (Å²) in [6.45, 7) is 0. The number of aromatic nitrogens is 1. The number of hydrogen-bond acceptors (Lipinski definition) is 6. The van der Waals surface area contributed by atoms with Gasteiger partial charge in [0, 0.05) is 18.9 Å². The average molecular weight is 598 g/mol. The van der Waals surface area contributed by atoms with Gasteiger partial charge in [-0.3, -0.25) is 14.1 Å². The molecular weight excluding hydrogens is 583 g/mol. The van der Waals surface area contributed by atoms with Gasteiger partial charge in [0.2, 0.25) is 0 Å². The summed E-state index contributed by atoms with van der Waals surface area (Å²) >= 11 is 6.77. The van der Waals surface area contributed by atoms with Gasteiger partial charge in [0.25, 0.3) is 10.0 Å². The largest absolute Gasteiger partial charge is 2.00 e. The number of thiophene rings is 1. The second kappa shape index (κ2) is 9.07. The molecule has 3 rings (SSSR count). The summed E-state index contributed by atoms with van der Waals surface area (Å²) in [5.41, 5.74) is 0.209. The van der Waals surface area contributed by atoms with Crippen molar-refractivity contribution in [1.29, 1.82) is 0 Å². The van der Waals surface area contributed by atoms with Crippen LogP contribution in [0.1, 0.15) is 10.6 Å². The van der Waals surface area contributed by atoms with E-state index in [-0.39, 0.29) is 65.4 Å². The molecule has 0 atom stereocenters. The Balaban J connectivity index is 0.00000208. The number of fused-ring (bicyclic) bond motifs is 1. The van der Waals surface area contributed by atoms with Crippen LogP contribution >= 0.6 is 22.9 Å². The van der Waals surface area contributed by atoms with Gasteiger partial charge < -0.3 is 17.4 Å². The third-order valence-corrected chi connectivity index (χ3v) is 6.57. The Morgan fingerprint density at radius 2 is 2.00 bits per heavy atom. The molecule has 0 unspecified atom stereocenters. The van der Waals surface area contributed by atoms with Gasteiger partial charge in [-0.1, -0.05) is 17.7 Å². The summed E-state index contributed by atoms with van der Waals surface area (Å²) in [6.07, 6.45) is 1.42. The second-order valence-corrected chi connectivity index (χ2v) is 8.46. The van der Waals surface area contributed by atoms with Crippen molar-refractivity contribution in [2.24, 2.45) is 0 Å². The number of pyridine rings is 1. The molecule has 2 aromatic rings. The van der Waals surface area contributed by atoms with Crippen molar-refractivity contribution in [3.8, 4) is 0 Å². The maximum absolute atomic E-state index is 12.5. The van der Waals surface area contributed by atoms with E-state index in [0.717, 1.165) is 15.6 Å². The molecule has 0 saturated heterocycles. The van der Waals surface area contributed by atoms with Crippen LogP contribution in [-0.2, 0) is 42.3 Å². The molecule has 0 amide bonds. The first-order valence-electron chi connectivity index (χ1n) is 6.47. The molecule has 0 radical (unpaired) electrons. The fourth-order valence-corrected chi connectivity index (χ4v) is 5.25. The van der Waals surface area contributed by atoms with Gasteiger partial charge in [-0.25, -0.2) is 8.42 Å². The van der Waals surface area contributed by atoms with E-state index in [1.165, 1.54) is 19.3 Å². The summed E-state index contributed by atoms with van der Waals surface area (Å²) in [4.78, 5) is 16.5. The van der Waals surface area contributed by atoms with E-state index in [1.54, 1.807) is 18.2 Å². The van der Waals surface area contributed by atoms with Crippen LogP contribution in [0.15, 0.2) is 41.1 Å². The maximum atomic E-state index is 12.5. The van der Waals surface area contributed by atoms with Crippen LogP contribution in [0.25, 0.3) is 18.1 Å². The third-order valence-electron chi connectivity index (χ3n) is 3.39. The summed E-state index contributed by atoms with van der Waals surface area (Å²) in [5.74, 6) is -0.919. The quantitative estimate of drug-likeness (QED) is 0.568. The molecule has 0 fully saturated rings. The molecular formula is C14H15ClN4O4PtS2. The van der Waals surface area contributed by atoms with Crippen molar-refractivity contribution >= 4 is 44.5 Å². The number of halogens is 1. The van der Waals surface area contributed by atoms with Crippen LogP contribution in [0.5, 0.6) is 0 Å². The minimum absolute atomic E-state index is 0. The zero-order chi connectivity index (χ0) is 16.8. The van der Waals surface area contributed by atoms with Crippen molar-refractivity contribution in [3.63, 3.8) is 0 Å². The zero-order valence-electron chi connectivity index (χ0n) is 13.3. The van der Waals surface area contributed by atoms with Gasteiger partial charge in [-0.15, -0.1) is 11.3 Å². The van der Waals surface area contributed by atoms with Gasteiger partial charge >= 0.3 is 21.1 Å². The Morgan fingerprint density at radius 1 is 1.35 bits per heavy atom. The number of carbonyl (C=O) groups excluding carboxylic acids is 1. The Hall–Kier alpha value is -1.29. The van der Waals surface area contributed by atoms with Crippen molar-refractivity contribution in [3.05, 3.63) is 63.4 Å². The van der Waals surface area contributed by atoms with Crippen molar-refractivity contribution in [2.75, 3.05) is 7.05 Å². The first-order valence-corrected chi connectivity index (χ1v) is 9.11. The van der Waals surface area contributed by atoms with Crippen LogP contribution in [0.4, 0.5) is 0 Å². The predicted molar refractivity (Wildman–Crippen MR) is 97.3 cm³/mol. The van der Waals surface area contributed by atoms with Gasteiger partial charge in [0.1, 0.15) is 10.6 Å². The fraction of sp³-hybridized carbons (Fsp3) is 0.143. The Labute approximate surface area is 174 Å². The fourth-order valence-electron chi connectivity index (χ4n) is 2.29. The monoisotopic (exact) mass is 597 g/mol. The summed E-state index contributed by atoms with van der Waals surface area (Å²) < 4.78 is 26.0. The first-order chi connectivity index (χ1) is 10.8. The number of carbonyl (C=O) groups is 1. The van der Waals surface area contributed by atoms with Crippen LogP contribution in [-0.4, -0.2) is 35.6 Å². The normalized spacial score (nSPS) is 14.5. The molecule has 12 heteroatoms. The number of nitrogens with two attached hydrogens (primary N) is 2. The average Bonchev–Trinajstić information content (AvgIpc) is 2.90. The smallest absolute Gasteiger partial charge is 0.693 e. The van der Waals surface area contributed by atoms with Crippen molar-refractivity contribution in [2.45, 2.75) is 11.3 Å². The van der Waals surface area contributed by atoms with Gasteiger partial charge in [-0.05, 0) is 18.2 Å². The zero-order valence-corrected chi connectivity index (χ0v) is 18.0. The number of Topliss-reactive ketones (excluding diaryl/α,β-unsaturated/α-hetero) is 1. The molecule has 5 N–H and O–H groups in total. The molecule has 0 aromatic carbocycles. The number of aliphatic hydroxyl groups excluding tert-OH is 1. The third kappa shape index (κ3) is 4.16. The number of ketones is 1. The summed E-state index contributed by atoms with van der Waals surface area (Å²) in [7, 11) is -2.69. The van der Waals surface area contributed by atoms with E-state index in [1.807, 2.05) is 0 Å². The molecule has 26 heavy (non-hydrogen) atoms. The molecule has 144 valence electrons. The second-order valence-electron chi connectivity index (χ2n) is 4.83. The number of rotatable bonds is 3. The Morgan fingerprint density at radius 3 is 2.58 bits per heavy atom. The van der Waals surface area contributed by atoms with Crippen molar-refractivity contribution in [1.82, 2.24) is 9.29 Å². The maximum Gasteiger partial charge on any atom is 2.00 e. The number of hydrogen-bond donors (Lipinski definition) is 1. The number of sulfonamides is 1. The molecule has 0 saturated carbocycles. The Kier molecular flexibility index (Phi) is 8.62. The van der Waals surface area contributed by atoms with E-state index < -0.39 is 15.8 Å². The van der Waals surface area contributed by atoms with Gasteiger partial charge in [0.05, 0.1) is 15.6 Å². The van der Waals surface area contributed by atoms with E-state index in [2.05, 4.69) is 4.98 Å². The molecule has 1 aliphatic heterocycles. The summed E-state index contributed by atoms with van der Waals surface area (Å²) in [6, 6.07) is 6.36. The molecule has 1 aliphatic rings.